The van der Waals surface area contributed by atoms with Crippen molar-refractivity contribution in [3.05, 3.63) is 23.7 Å². The lowest BCUT2D eigenvalue weighted by Gasteiger charge is -2.36. The third-order valence-corrected chi connectivity index (χ3v) is 8.75. The Bertz CT molecular complexity index is 310. The standard InChI is InChI=1S/C17H33NOSi/c1-17(2,3)20(5,6)19-16-14-12-10-8-7-9-11-13-15-18-4/h13,15H,7-12,14,16H2,1-3,5-6H3. The van der Waals surface area contributed by atoms with Gasteiger partial charge >= 0.3 is 0 Å². The highest BCUT2D eigenvalue weighted by Crippen LogP contribution is 2.36. The van der Waals surface area contributed by atoms with E-state index in [-0.39, 0.29) is 0 Å². The van der Waals surface area contributed by atoms with Crippen molar-refractivity contribution in [1.29, 1.82) is 0 Å². The first kappa shape index (κ1) is 19.4. The van der Waals surface area contributed by atoms with Crippen LogP contribution in [0.3, 0.4) is 0 Å². The Morgan fingerprint density at radius 2 is 1.55 bits per heavy atom. The fourth-order valence-corrected chi connectivity index (χ4v) is 2.83. The van der Waals surface area contributed by atoms with Gasteiger partial charge in [-0.25, -0.2) is 4.85 Å². The molecule has 0 saturated carbocycles. The fourth-order valence-electron chi connectivity index (χ4n) is 1.74. The van der Waals surface area contributed by atoms with Gasteiger partial charge < -0.3 is 4.43 Å². The van der Waals surface area contributed by atoms with Crippen LogP contribution >= 0.6 is 0 Å². The number of hydrogen-bond donors (Lipinski definition) is 0. The normalized spacial score (nSPS) is 12.8. The number of rotatable bonds is 10. The first-order chi connectivity index (χ1) is 9.31. The minimum atomic E-state index is -1.53. The van der Waals surface area contributed by atoms with E-state index in [2.05, 4.69) is 38.7 Å². The maximum Gasteiger partial charge on any atom is 0.191 e. The Hall–Kier alpha value is -0.593. The van der Waals surface area contributed by atoms with E-state index in [1.54, 1.807) is 6.20 Å². The molecule has 0 aromatic heterocycles. The van der Waals surface area contributed by atoms with Crippen molar-refractivity contribution in [2.75, 3.05) is 6.61 Å². The zero-order valence-electron chi connectivity index (χ0n) is 14.2. The second-order valence-corrected chi connectivity index (χ2v) is 11.8. The Morgan fingerprint density at radius 1 is 1.00 bits per heavy atom. The van der Waals surface area contributed by atoms with E-state index in [0.29, 0.717) is 5.04 Å². The summed E-state index contributed by atoms with van der Waals surface area (Å²) in [6.07, 6.45) is 12.2. The Kier molecular flexibility index (Phi) is 9.88. The molecule has 3 heteroatoms. The number of hydrogen-bond acceptors (Lipinski definition) is 1. The molecule has 0 unspecified atom stereocenters. The van der Waals surface area contributed by atoms with Crippen LogP contribution in [0.2, 0.25) is 18.1 Å². The molecule has 0 rings (SSSR count). The fraction of sp³-hybridized carbons (Fsp3) is 0.824. The molecular weight excluding hydrogens is 262 g/mol. The quantitative estimate of drug-likeness (QED) is 0.267. The number of allylic oxidation sites excluding steroid dienone is 1. The van der Waals surface area contributed by atoms with Gasteiger partial charge in [-0.1, -0.05) is 59.0 Å². The molecule has 0 aromatic carbocycles. The molecule has 0 N–H and O–H groups in total. The maximum absolute atomic E-state index is 6.62. The predicted molar refractivity (Wildman–Crippen MR) is 91.2 cm³/mol. The van der Waals surface area contributed by atoms with Gasteiger partial charge in [0.15, 0.2) is 8.32 Å². The van der Waals surface area contributed by atoms with Crippen LogP contribution in [0.15, 0.2) is 12.3 Å². The van der Waals surface area contributed by atoms with Crippen LogP contribution < -0.4 is 0 Å². The van der Waals surface area contributed by atoms with Gasteiger partial charge in [0.25, 0.3) is 0 Å². The minimum Gasteiger partial charge on any atom is -0.417 e. The van der Waals surface area contributed by atoms with Crippen LogP contribution in [0, 0.1) is 6.57 Å². The van der Waals surface area contributed by atoms with Crippen molar-refractivity contribution in [3.63, 3.8) is 0 Å². The number of unbranched alkanes of at least 4 members (excludes halogenated alkanes) is 6. The molecule has 0 atom stereocenters. The van der Waals surface area contributed by atoms with E-state index < -0.39 is 8.32 Å². The summed E-state index contributed by atoms with van der Waals surface area (Å²) in [6.45, 7) is 19.1. The lowest BCUT2D eigenvalue weighted by molar-refractivity contribution is 0.277. The van der Waals surface area contributed by atoms with Gasteiger partial charge in [-0.15, -0.1) is 0 Å². The highest BCUT2D eigenvalue weighted by Gasteiger charge is 2.36. The first-order valence-electron chi connectivity index (χ1n) is 7.97. The summed E-state index contributed by atoms with van der Waals surface area (Å²) in [6, 6.07) is 0. The molecule has 0 aliphatic heterocycles. The highest BCUT2D eigenvalue weighted by molar-refractivity contribution is 6.74. The summed E-state index contributed by atoms with van der Waals surface area (Å²) in [4.78, 5) is 3.20. The van der Waals surface area contributed by atoms with Gasteiger partial charge in [-0.2, -0.15) is 0 Å². The van der Waals surface area contributed by atoms with Crippen LogP contribution in [0.4, 0.5) is 0 Å². The van der Waals surface area contributed by atoms with E-state index >= 15 is 0 Å². The van der Waals surface area contributed by atoms with Gasteiger partial charge in [0.1, 0.15) is 6.20 Å². The summed E-state index contributed by atoms with van der Waals surface area (Å²) in [7, 11) is -1.53. The van der Waals surface area contributed by atoms with Crippen molar-refractivity contribution >= 4 is 8.32 Å². The van der Waals surface area contributed by atoms with Gasteiger partial charge in [-0.05, 0) is 31.0 Å². The summed E-state index contributed by atoms with van der Waals surface area (Å²) in [5.41, 5.74) is 0. The smallest absolute Gasteiger partial charge is 0.191 e. The van der Waals surface area contributed by atoms with Crippen LogP contribution in [0.1, 0.15) is 65.7 Å². The van der Waals surface area contributed by atoms with Crippen LogP contribution in [-0.2, 0) is 4.43 Å². The maximum atomic E-state index is 6.62. The highest BCUT2D eigenvalue weighted by atomic mass is 28.4. The Labute approximate surface area is 127 Å². The van der Waals surface area contributed by atoms with E-state index in [4.69, 9.17) is 11.0 Å². The lowest BCUT2D eigenvalue weighted by atomic mass is 10.1. The molecule has 0 spiro atoms. The number of nitrogens with zero attached hydrogens (tertiary/aromatic N) is 1. The van der Waals surface area contributed by atoms with E-state index in [1.165, 1.54) is 38.5 Å². The second-order valence-electron chi connectivity index (χ2n) is 7.03. The lowest BCUT2D eigenvalue weighted by Crippen LogP contribution is -2.40. The third-order valence-electron chi connectivity index (χ3n) is 4.21. The molecule has 0 saturated heterocycles. The largest absolute Gasteiger partial charge is 0.417 e. The topological polar surface area (TPSA) is 13.6 Å². The third kappa shape index (κ3) is 9.33. The van der Waals surface area contributed by atoms with Gasteiger partial charge in [0, 0.05) is 6.61 Å². The molecule has 0 heterocycles. The van der Waals surface area contributed by atoms with Crippen LogP contribution in [-0.4, -0.2) is 14.9 Å². The van der Waals surface area contributed by atoms with Crippen molar-refractivity contribution in [2.24, 2.45) is 0 Å². The van der Waals surface area contributed by atoms with Crippen LogP contribution in [0.5, 0.6) is 0 Å². The SMILES string of the molecule is [C-]#[N+]C=CCCCCCCCCO[Si](C)(C)C(C)(C)C. The molecule has 0 bridgehead atoms. The van der Waals surface area contributed by atoms with E-state index in [0.717, 1.165) is 13.0 Å². The summed E-state index contributed by atoms with van der Waals surface area (Å²) in [5.74, 6) is 0. The first-order valence-corrected chi connectivity index (χ1v) is 10.9. The molecular formula is C17H33NOSi. The van der Waals surface area contributed by atoms with Gasteiger partial charge in [-0.3, -0.25) is 0 Å². The molecule has 0 aromatic rings. The van der Waals surface area contributed by atoms with Crippen molar-refractivity contribution in [1.82, 2.24) is 0 Å². The van der Waals surface area contributed by atoms with E-state index in [1.807, 2.05) is 6.08 Å². The van der Waals surface area contributed by atoms with Crippen molar-refractivity contribution in [2.45, 2.75) is 83.8 Å². The predicted octanol–water partition coefficient (Wildman–Crippen LogP) is 6.17. The molecule has 0 aliphatic carbocycles. The minimum absolute atomic E-state index is 0.325. The molecule has 20 heavy (non-hydrogen) atoms. The summed E-state index contributed by atoms with van der Waals surface area (Å²) in [5, 5.41) is 0.325. The zero-order valence-corrected chi connectivity index (χ0v) is 15.2. The van der Waals surface area contributed by atoms with Crippen molar-refractivity contribution in [3.8, 4) is 0 Å². The summed E-state index contributed by atoms with van der Waals surface area (Å²) >= 11 is 0. The molecule has 2 nitrogen and oxygen atoms in total. The molecule has 0 radical (unpaired) electrons. The monoisotopic (exact) mass is 295 g/mol. The van der Waals surface area contributed by atoms with Gasteiger partial charge in [0.05, 0.1) is 6.57 Å². The average Bonchev–Trinajstić information content (AvgIpc) is 2.34. The molecule has 116 valence electrons. The Morgan fingerprint density at radius 3 is 2.10 bits per heavy atom. The average molecular weight is 296 g/mol. The van der Waals surface area contributed by atoms with Crippen LogP contribution in [0.25, 0.3) is 4.85 Å². The zero-order chi connectivity index (χ0) is 15.5. The van der Waals surface area contributed by atoms with Gasteiger partial charge in [0.2, 0.25) is 0 Å². The molecule has 0 fully saturated rings. The Balaban J connectivity index is 3.42. The molecule has 0 amide bonds. The molecule has 0 aliphatic rings. The summed E-state index contributed by atoms with van der Waals surface area (Å²) < 4.78 is 6.17. The van der Waals surface area contributed by atoms with E-state index in [9.17, 15) is 0 Å². The van der Waals surface area contributed by atoms with Crippen molar-refractivity contribution < 1.29 is 4.43 Å². The second kappa shape index (κ2) is 10.2.